The van der Waals surface area contributed by atoms with Gasteiger partial charge in [0.05, 0.1) is 13.3 Å². The summed E-state index contributed by atoms with van der Waals surface area (Å²) < 4.78 is 5.30. The molecule has 1 aromatic rings. The number of methoxy groups -OCH3 is 1. The summed E-state index contributed by atoms with van der Waals surface area (Å²) in [6, 6.07) is 6.42. The first-order valence-electron chi connectivity index (χ1n) is 7.58. The van der Waals surface area contributed by atoms with Crippen molar-refractivity contribution in [1.82, 2.24) is 10.7 Å². The summed E-state index contributed by atoms with van der Waals surface area (Å²) in [7, 11) is 1.67. The monoisotopic (exact) mass is 315 g/mol. The lowest BCUT2D eigenvalue weighted by Crippen LogP contribution is -2.42. The molecule has 0 aliphatic heterocycles. The molecule has 0 amide bonds. The molecular formula is C17H21N3OS. The Hall–Kier alpha value is -1.88. The van der Waals surface area contributed by atoms with Gasteiger partial charge in [-0.25, -0.2) is 0 Å². The number of thiocarbonyl (C=S) groups is 1. The molecule has 0 heterocycles. The number of rotatable bonds is 4. The van der Waals surface area contributed by atoms with Crippen LogP contribution in [0.25, 0.3) is 0 Å². The van der Waals surface area contributed by atoms with Crippen LogP contribution in [0.5, 0.6) is 5.75 Å². The molecule has 4 nitrogen and oxygen atoms in total. The van der Waals surface area contributed by atoms with Crippen LogP contribution in [0, 0.1) is 18.8 Å². The van der Waals surface area contributed by atoms with E-state index in [-0.39, 0.29) is 0 Å². The van der Waals surface area contributed by atoms with Crippen molar-refractivity contribution >= 4 is 23.5 Å². The van der Waals surface area contributed by atoms with E-state index in [1.165, 1.54) is 12.8 Å². The van der Waals surface area contributed by atoms with Crippen LogP contribution >= 0.6 is 12.2 Å². The number of fused-ring (bicyclic) bond motifs is 2. The van der Waals surface area contributed by atoms with Crippen LogP contribution < -0.4 is 15.5 Å². The van der Waals surface area contributed by atoms with Crippen molar-refractivity contribution in [2.45, 2.75) is 25.8 Å². The van der Waals surface area contributed by atoms with Crippen LogP contribution in [0.3, 0.4) is 0 Å². The lowest BCUT2D eigenvalue weighted by atomic mass is 10.0. The fraction of sp³-hybridized carbons (Fsp3) is 0.412. The second-order valence-electron chi connectivity index (χ2n) is 5.96. The number of benzene rings is 1. The van der Waals surface area contributed by atoms with Crippen molar-refractivity contribution in [2.24, 2.45) is 16.9 Å². The Bertz CT molecular complexity index is 626. The van der Waals surface area contributed by atoms with Gasteiger partial charge in [0, 0.05) is 6.04 Å². The molecule has 1 fully saturated rings. The van der Waals surface area contributed by atoms with Crippen molar-refractivity contribution in [3.05, 3.63) is 41.5 Å². The maximum Gasteiger partial charge on any atom is 0.187 e. The third-order valence-corrected chi connectivity index (χ3v) is 4.62. The second kappa shape index (κ2) is 6.48. The number of hydrogen-bond acceptors (Lipinski definition) is 3. The standard InChI is InChI=1S/C17H21N3OS/c1-11-3-4-13(9-16(11)21-2)10-18-20-17(22)19-15-8-12-5-6-14(15)7-12/h3-6,9-10,12,14-15H,7-8H2,1-2H3,(H2,19,20,22)/b18-10-/t12-,14+,15-/m0/s1. The minimum absolute atomic E-state index is 0.449. The lowest BCUT2D eigenvalue weighted by molar-refractivity contribution is 0.411. The number of hydrogen-bond donors (Lipinski definition) is 2. The molecule has 1 saturated carbocycles. The van der Waals surface area contributed by atoms with Crippen LogP contribution in [0.4, 0.5) is 0 Å². The average Bonchev–Trinajstić information content (AvgIpc) is 3.11. The first-order valence-corrected chi connectivity index (χ1v) is 7.99. The molecular weight excluding hydrogens is 294 g/mol. The molecule has 0 radical (unpaired) electrons. The average molecular weight is 315 g/mol. The Balaban J connectivity index is 1.51. The van der Waals surface area contributed by atoms with Gasteiger partial charge in [-0.3, -0.25) is 5.43 Å². The summed E-state index contributed by atoms with van der Waals surface area (Å²) in [5, 5.41) is 8.14. The van der Waals surface area contributed by atoms with Gasteiger partial charge in [0.15, 0.2) is 5.11 Å². The molecule has 0 aromatic heterocycles. The molecule has 1 aromatic carbocycles. The molecule has 2 bridgehead atoms. The zero-order chi connectivity index (χ0) is 15.5. The van der Waals surface area contributed by atoms with Crippen molar-refractivity contribution in [3.63, 3.8) is 0 Å². The SMILES string of the molecule is COc1cc(/C=N\NC(=S)N[C@H]2C[C@H]3C=C[C@@H]2C3)ccc1C. The molecule has 116 valence electrons. The molecule has 22 heavy (non-hydrogen) atoms. The number of ether oxygens (including phenoxy) is 1. The van der Waals surface area contributed by atoms with Gasteiger partial charge in [0.25, 0.3) is 0 Å². The van der Waals surface area contributed by atoms with Crippen LogP contribution in [0.2, 0.25) is 0 Å². The van der Waals surface area contributed by atoms with E-state index in [0.717, 1.165) is 22.8 Å². The third kappa shape index (κ3) is 3.30. The van der Waals surface area contributed by atoms with Gasteiger partial charge in [0.2, 0.25) is 0 Å². The van der Waals surface area contributed by atoms with Crippen LogP contribution in [-0.4, -0.2) is 24.5 Å². The predicted molar refractivity (Wildman–Crippen MR) is 93.3 cm³/mol. The van der Waals surface area contributed by atoms with Crippen molar-refractivity contribution in [2.75, 3.05) is 7.11 Å². The minimum Gasteiger partial charge on any atom is -0.496 e. The Labute approximate surface area is 136 Å². The lowest BCUT2D eigenvalue weighted by Gasteiger charge is -2.20. The Morgan fingerprint density at radius 3 is 2.91 bits per heavy atom. The van der Waals surface area contributed by atoms with Crippen molar-refractivity contribution in [3.8, 4) is 5.75 Å². The zero-order valence-electron chi connectivity index (χ0n) is 12.9. The molecule has 0 saturated heterocycles. The molecule has 0 spiro atoms. The van der Waals surface area contributed by atoms with Gasteiger partial charge in [-0.15, -0.1) is 0 Å². The van der Waals surface area contributed by atoms with Crippen molar-refractivity contribution < 1.29 is 4.74 Å². The maximum absolute atomic E-state index is 5.31. The second-order valence-corrected chi connectivity index (χ2v) is 6.37. The predicted octanol–water partition coefficient (Wildman–Crippen LogP) is 2.77. The highest BCUT2D eigenvalue weighted by Crippen LogP contribution is 2.38. The van der Waals surface area contributed by atoms with Gasteiger partial charge >= 0.3 is 0 Å². The quantitative estimate of drug-likeness (QED) is 0.388. The van der Waals surface area contributed by atoms with Gasteiger partial charge < -0.3 is 10.1 Å². The smallest absolute Gasteiger partial charge is 0.187 e. The molecule has 5 heteroatoms. The molecule has 3 atom stereocenters. The summed E-state index contributed by atoms with van der Waals surface area (Å²) in [6.45, 7) is 2.01. The fourth-order valence-electron chi connectivity index (χ4n) is 3.23. The molecule has 0 unspecified atom stereocenters. The largest absolute Gasteiger partial charge is 0.496 e. The fourth-order valence-corrected chi connectivity index (χ4v) is 3.43. The van der Waals surface area contributed by atoms with E-state index in [0.29, 0.717) is 17.1 Å². The number of nitrogens with one attached hydrogen (secondary N) is 2. The van der Waals surface area contributed by atoms with E-state index in [2.05, 4.69) is 28.0 Å². The van der Waals surface area contributed by atoms with E-state index >= 15 is 0 Å². The minimum atomic E-state index is 0.449. The molecule has 3 rings (SSSR count). The van der Waals surface area contributed by atoms with Crippen LogP contribution in [0.1, 0.15) is 24.0 Å². The van der Waals surface area contributed by atoms with Crippen molar-refractivity contribution in [1.29, 1.82) is 0 Å². The van der Waals surface area contributed by atoms with E-state index in [1.807, 2.05) is 25.1 Å². The third-order valence-electron chi connectivity index (χ3n) is 4.41. The summed E-state index contributed by atoms with van der Waals surface area (Å²) >= 11 is 5.31. The normalized spacial score (nSPS) is 25.6. The summed E-state index contributed by atoms with van der Waals surface area (Å²) in [5.41, 5.74) is 4.97. The van der Waals surface area contributed by atoms with E-state index in [1.54, 1.807) is 13.3 Å². The highest BCUT2D eigenvalue weighted by molar-refractivity contribution is 7.80. The first-order chi connectivity index (χ1) is 10.7. The van der Waals surface area contributed by atoms with E-state index in [9.17, 15) is 0 Å². The number of allylic oxidation sites excluding steroid dienone is 1. The highest BCUT2D eigenvalue weighted by Gasteiger charge is 2.35. The molecule has 2 N–H and O–H groups in total. The van der Waals surface area contributed by atoms with Crippen LogP contribution in [-0.2, 0) is 0 Å². The topological polar surface area (TPSA) is 45.6 Å². The molecule has 2 aliphatic carbocycles. The Kier molecular flexibility index (Phi) is 4.43. The summed E-state index contributed by atoms with van der Waals surface area (Å²) in [5.74, 6) is 2.21. The summed E-state index contributed by atoms with van der Waals surface area (Å²) in [4.78, 5) is 0. The van der Waals surface area contributed by atoms with Gasteiger partial charge in [-0.1, -0.05) is 24.3 Å². The van der Waals surface area contributed by atoms with Gasteiger partial charge in [0.1, 0.15) is 5.75 Å². The highest BCUT2D eigenvalue weighted by atomic mass is 32.1. The zero-order valence-corrected chi connectivity index (χ0v) is 13.7. The van der Waals surface area contributed by atoms with Crippen LogP contribution in [0.15, 0.2) is 35.5 Å². The summed E-state index contributed by atoms with van der Waals surface area (Å²) in [6.07, 6.45) is 8.80. The van der Waals surface area contributed by atoms with E-state index in [4.69, 9.17) is 17.0 Å². The number of hydrazone groups is 1. The molecule has 2 aliphatic rings. The maximum atomic E-state index is 5.31. The Morgan fingerprint density at radius 2 is 2.23 bits per heavy atom. The number of nitrogens with zero attached hydrogens (tertiary/aromatic N) is 1. The van der Waals surface area contributed by atoms with Gasteiger partial charge in [-0.2, -0.15) is 5.10 Å². The van der Waals surface area contributed by atoms with Gasteiger partial charge in [-0.05, 0) is 61.0 Å². The number of aryl methyl sites for hydroxylation is 1. The Morgan fingerprint density at radius 1 is 1.36 bits per heavy atom. The van der Waals surface area contributed by atoms with E-state index < -0.39 is 0 Å². The first kappa shape index (κ1) is 15.0.